The summed E-state index contributed by atoms with van der Waals surface area (Å²) in [5, 5.41) is 9.44. The molecule has 0 aromatic heterocycles. The molecule has 1 saturated carbocycles. The van der Waals surface area contributed by atoms with E-state index >= 15 is 0 Å². The van der Waals surface area contributed by atoms with Gasteiger partial charge in [0.15, 0.2) is 0 Å². The summed E-state index contributed by atoms with van der Waals surface area (Å²) >= 11 is 0. The number of benzene rings is 1. The second-order valence-corrected chi connectivity index (χ2v) is 6.03. The van der Waals surface area contributed by atoms with Crippen LogP contribution in [0, 0.1) is 24.6 Å². The first kappa shape index (κ1) is 15.0. The molecule has 1 aromatic rings. The fourth-order valence-electron chi connectivity index (χ4n) is 3.49. The minimum absolute atomic E-state index is 0.0251. The Balaban J connectivity index is 2.26. The molecule has 0 heterocycles. The molecule has 2 rings (SSSR count). The number of hydrogen-bond acceptors (Lipinski definition) is 1. The zero-order chi connectivity index (χ0) is 14.7. The zero-order valence-corrected chi connectivity index (χ0v) is 12.2. The van der Waals surface area contributed by atoms with Crippen molar-refractivity contribution in [3.8, 4) is 0 Å². The molecule has 1 aliphatic carbocycles. The lowest BCUT2D eigenvalue weighted by Gasteiger charge is -2.34. The van der Waals surface area contributed by atoms with Gasteiger partial charge in [-0.1, -0.05) is 31.9 Å². The number of aryl methyl sites for hydroxylation is 1. The molecule has 0 spiro atoms. The fraction of sp³-hybridized carbons (Fsp3) is 0.588. The molecule has 20 heavy (non-hydrogen) atoms. The van der Waals surface area contributed by atoms with Gasteiger partial charge in [-0.25, -0.2) is 4.39 Å². The molecule has 3 unspecified atom stereocenters. The van der Waals surface area contributed by atoms with Crippen molar-refractivity contribution in [2.24, 2.45) is 11.8 Å². The van der Waals surface area contributed by atoms with Gasteiger partial charge >= 0.3 is 5.97 Å². The van der Waals surface area contributed by atoms with Crippen molar-refractivity contribution in [1.29, 1.82) is 0 Å². The Morgan fingerprint density at radius 1 is 1.40 bits per heavy atom. The maximum atomic E-state index is 13.4. The molecule has 3 atom stereocenters. The highest BCUT2D eigenvalue weighted by Gasteiger charge is 2.35. The second-order valence-electron chi connectivity index (χ2n) is 6.03. The highest BCUT2D eigenvalue weighted by Crippen LogP contribution is 2.42. The number of carboxylic acid groups (broad SMARTS) is 1. The number of carboxylic acids is 1. The van der Waals surface area contributed by atoms with Gasteiger partial charge < -0.3 is 5.11 Å². The van der Waals surface area contributed by atoms with Gasteiger partial charge in [-0.2, -0.15) is 0 Å². The lowest BCUT2D eigenvalue weighted by Crippen LogP contribution is -2.29. The van der Waals surface area contributed by atoms with Gasteiger partial charge in [0.05, 0.1) is 5.92 Å². The third-order valence-electron chi connectivity index (χ3n) is 4.58. The van der Waals surface area contributed by atoms with Gasteiger partial charge in [0, 0.05) is 0 Å². The van der Waals surface area contributed by atoms with Gasteiger partial charge in [-0.05, 0) is 55.2 Å². The average Bonchev–Trinajstić information content (AvgIpc) is 2.42. The van der Waals surface area contributed by atoms with Crippen molar-refractivity contribution < 1.29 is 14.3 Å². The van der Waals surface area contributed by atoms with E-state index in [0.717, 1.165) is 37.7 Å². The first-order valence-corrected chi connectivity index (χ1v) is 7.51. The van der Waals surface area contributed by atoms with Gasteiger partial charge in [-0.3, -0.25) is 4.79 Å². The standard InChI is InChI=1S/C17H23FO2/c1-3-4-12-5-7-14(17(19)20)15(10-12)13-6-8-16(18)11(2)9-13/h6,8-9,12,14-15H,3-5,7,10H2,1-2H3,(H,19,20). The van der Waals surface area contributed by atoms with E-state index < -0.39 is 5.97 Å². The van der Waals surface area contributed by atoms with Crippen molar-refractivity contribution in [3.05, 3.63) is 35.1 Å². The second kappa shape index (κ2) is 6.38. The van der Waals surface area contributed by atoms with Gasteiger partial charge in [0.2, 0.25) is 0 Å². The van der Waals surface area contributed by atoms with Crippen LogP contribution in [0.25, 0.3) is 0 Å². The van der Waals surface area contributed by atoms with Crippen molar-refractivity contribution >= 4 is 5.97 Å². The molecule has 1 N–H and O–H groups in total. The van der Waals surface area contributed by atoms with E-state index in [1.54, 1.807) is 13.0 Å². The Kier molecular flexibility index (Phi) is 4.79. The lowest BCUT2D eigenvalue weighted by atomic mass is 9.70. The Bertz CT molecular complexity index is 484. The SMILES string of the molecule is CCCC1CCC(C(=O)O)C(c2ccc(F)c(C)c2)C1. The molecule has 1 aliphatic rings. The summed E-state index contributed by atoms with van der Waals surface area (Å²) in [5.41, 5.74) is 1.58. The lowest BCUT2D eigenvalue weighted by molar-refractivity contribution is -0.143. The number of halogens is 1. The van der Waals surface area contributed by atoms with Gasteiger partial charge in [0.25, 0.3) is 0 Å². The third-order valence-corrected chi connectivity index (χ3v) is 4.58. The molecule has 0 bridgehead atoms. The van der Waals surface area contributed by atoms with E-state index in [9.17, 15) is 14.3 Å². The molecule has 1 fully saturated rings. The van der Waals surface area contributed by atoms with Gasteiger partial charge in [0.1, 0.15) is 5.82 Å². The number of carbonyl (C=O) groups is 1. The largest absolute Gasteiger partial charge is 0.481 e. The van der Waals surface area contributed by atoms with E-state index in [-0.39, 0.29) is 17.7 Å². The van der Waals surface area contributed by atoms with Crippen LogP contribution >= 0.6 is 0 Å². The quantitative estimate of drug-likeness (QED) is 0.879. The highest BCUT2D eigenvalue weighted by atomic mass is 19.1. The number of aliphatic carboxylic acids is 1. The normalized spacial score (nSPS) is 26.4. The molecule has 110 valence electrons. The number of hydrogen-bond donors (Lipinski definition) is 1. The van der Waals surface area contributed by atoms with E-state index in [4.69, 9.17) is 0 Å². The van der Waals surface area contributed by atoms with Crippen molar-refractivity contribution in [3.63, 3.8) is 0 Å². The van der Waals surface area contributed by atoms with E-state index in [1.165, 1.54) is 6.07 Å². The predicted octanol–water partition coefficient (Wildman–Crippen LogP) is 4.52. The smallest absolute Gasteiger partial charge is 0.307 e. The molecule has 0 amide bonds. The topological polar surface area (TPSA) is 37.3 Å². The molecular formula is C17H23FO2. The molecule has 1 aromatic carbocycles. The molecule has 0 radical (unpaired) electrons. The number of rotatable bonds is 4. The molecule has 0 saturated heterocycles. The van der Waals surface area contributed by atoms with E-state index in [2.05, 4.69) is 6.92 Å². The first-order chi connectivity index (χ1) is 9.52. The maximum absolute atomic E-state index is 13.4. The Hall–Kier alpha value is -1.38. The van der Waals surface area contributed by atoms with Crippen LogP contribution in [0.3, 0.4) is 0 Å². The Morgan fingerprint density at radius 3 is 2.75 bits per heavy atom. The Labute approximate surface area is 120 Å². The Morgan fingerprint density at radius 2 is 2.15 bits per heavy atom. The maximum Gasteiger partial charge on any atom is 0.307 e. The summed E-state index contributed by atoms with van der Waals surface area (Å²) in [6.07, 6.45) is 4.94. The van der Waals surface area contributed by atoms with Crippen LogP contribution in [-0.2, 0) is 4.79 Å². The molecule has 2 nitrogen and oxygen atoms in total. The predicted molar refractivity (Wildman–Crippen MR) is 77.3 cm³/mol. The third kappa shape index (κ3) is 3.20. The fourth-order valence-corrected chi connectivity index (χ4v) is 3.49. The first-order valence-electron chi connectivity index (χ1n) is 7.51. The zero-order valence-electron chi connectivity index (χ0n) is 12.2. The van der Waals surface area contributed by atoms with Crippen LogP contribution in [0.4, 0.5) is 4.39 Å². The monoisotopic (exact) mass is 278 g/mol. The van der Waals surface area contributed by atoms with Crippen molar-refractivity contribution in [2.75, 3.05) is 0 Å². The summed E-state index contributed by atoms with van der Waals surface area (Å²) in [5.74, 6) is -0.635. The van der Waals surface area contributed by atoms with Crippen molar-refractivity contribution in [2.45, 2.75) is 51.9 Å². The summed E-state index contributed by atoms with van der Waals surface area (Å²) in [6.45, 7) is 3.90. The summed E-state index contributed by atoms with van der Waals surface area (Å²) in [6, 6.07) is 5.05. The van der Waals surface area contributed by atoms with Crippen LogP contribution in [0.5, 0.6) is 0 Å². The van der Waals surface area contributed by atoms with Crippen LogP contribution in [0.15, 0.2) is 18.2 Å². The van der Waals surface area contributed by atoms with Crippen LogP contribution < -0.4 is 0 Å². The van der Waals surface area contributed by atoms with E-state index in [1.807, 2.05) is 6.07 Å². The van der Waals surface area contributed by atoms with E-state index in [0.29, 0.717) is 11.5 Å². The molecule has 3 heteroatoms. The van der Waals surface area contributed by atoms with Crippen LogP contribution in [-0.4, -0.2) is 11.1 Å². The van der Waals surface area contributed by atoms with Crippen LogP contribution in [0.2, 0.25) is 0 Å². The summed E-state index contributed by atoms with van der Waals surface area (Å²) in [4.78, 5) is 11.5. The summed E-state index contributed by atoms with van der Waals surface area (Å²) < 4.78 is 13.4. The summed E-state index contributed by atoms with van der Waals surface area (Å²) in [7, 11) is 0. The molecule has 0 aliphatic heterocycles. The minimum atomic E-state index is -0.716. The minimum Gasteiger partial charge on any atom is -0.481 e. The highest BCUT2D eigenvalue weighted by molar-refractivity contribution is 5.71. The van der Waals surface area contributed by atoms with Gasteiger partial charge in [-0.15, -0.1) is 0 Å². The molecular weight excluding hydrogens is 255 g/mol. The average molecular weight is 278 g/mol. The van der Waals surface area contributed by atoms with Crippen LogP contribution in [0.1, 0.15) is 56.1 Å². The van der Waals surface area contributed by atoms with Crippen molar-refractivity contribution in [1.82, 2.24) is 0 Å².